The number of thiazole rings is 1. The molecule has 2 amide bonds. The molecule has 3 aromatic rings. The van der Waals surface area contributed by atoms with Crippen LogP contribution in [0.3, 0.4) is 0 Å². The van der Waals surface area contributed by atoms with Crippen LogP contribution in [-0.4, -0.2) is 96.5 Å². The summed E-state index contributed by atoms with van der Waals surface area (Å²) in [5.74, 6) is 0.947. The number of likely N-dealkylation sites (tertiary alicyclic amines) is 1. The van der Waals surface area contributed by atoms with E-state index in [1.165, 1.54) is 23.6 Å². The van der Waals surface area contributed by atoms with Gasteiger partial charge in [-0.25, -0.2) is 18.2 Å². The largest absolute Gasteiger partial charge is 0.493 e. The van der Waals surface area contributed by atoms with Gasteiger partial charge in [0.2, 0.25) is 15.9 Å². The predicted octanol–water partition coefficient (Wildman–Crippen LogP) is 6.81. The van der Waals surface area contributed by atoms with E-state index in [0.717, 1.165) is 28.3 Å². The fourth-order valence-corrected chi connectivity index (χ4v) is 9.77. The lowest BCUT2D eigenvalue weighted by Gasteiger charge is -2.42. The molecule has 0 bridgehead atoms. The van der Waals surface area contributed by atoms with Gasteiger partial charge in [0.25, 0.3) is 0 Å². The van der Waals surface area contributed by atoms with Gasteiger partial charge < -0.3 is 19.7 Å². The molecule has 0 spiro atoms. The summed E-state index contributed by atoms with van der Waals surface area (Å²) in [4.78, 5) is 36.3. The maximum Gasteiger partial charge on any atom is 0.407 e. The first-order chi connectivity index (χ1) is 24.8. The number of nitrogens with zero attached hydrogens (tertiary/aromatic N) is 4. The third-order valence-electron chi connectivity index (χ3n) is 9.89. The van der Waals surface area contributed by atoms with Crippen molar-refractivity contribution in [3.8, 4) is 16.3 Å². The van der Waals surface area contributed by atoms with E-state index in [9.17, 15) is 18.0 Å². The third-order valence-corrected chi connectivity index (χ3v) is 13.1. The van der Waals surface area contributed by atoms with E-state index >= 15 is 0 Å². The number of rotatable bonds is 10. The standard InChI is InChI=1S/C38H50ClN5O6S2/c1-38(2,3)50-37(46)41-30-17-19-43(20-18-30)36(45)34-25-42(24-32-23-40-35(51-32)28-9-11-29(39)12-10-28)21-22-44(34)52(47,48)33-15-13-31(14-16-33)49-26-27-7-5-4-6-8-27/h9-16,23,27,30,34H,4-8,17-22,24-26H2,1-3H3,(H,41,46)/t34-/m0/s1. The molecule has 6 rings (SSSR count). The van der Waals surface area contributed by atoms with Crippen molar-refractivity contribution in [3.63, 3.8) is 0 Å². The third kappa shape index (κ3) is 10.0. The average molecular weight is 772 g/mol. The van der Waals surface area contributed by atoms with Crippen LogP contribution in [0.4, 0.5) is 4.79 Å². The Morgan fingerprint density at radius 2 is 1.63 bits per heavy atom. The van der Waals surface area contributed by atoms with Gasteiger partial charge in [-0.2, -0.15) is 4.31 Å². The Bertz CT molecular complexity index is 1770. The molecule has 2 aromatic carbocycles. The molecule has 0 radical (unpaired) electrons. The molecule has 1 atom stereocenters. The summed E-state index contributed by atoms with van der Waals surface area (Å²) in [5.41, 5.74) is 0.362. The fourth-order valence-electron chi connectivity index (χ4n) is 7.12. The normalized spacial score (nSPS) is 20.1. The van der Waals surface area contributed by atoms with Crippen LogP contribution < -0.4 is 10.1 Å². The average Bonchev–Trinajstić information content (AvgIpc) is 3.59. The van der Waals surface area contributed by atoms with Crippen LogP contribution >= 0.6 is 22.9 Å². The van der Waals surface area contributed by atoms with Crippen LogP contribution in [0.15, 0.2) is 59.6 Å². The molecule has 1 aromatic heterocycles. The van der Waals surface area contributed by atoms with Gasteiger partial charge in [-0.15, -0.1) is 11.3 Å². The quantitative estimate of drug-likeness (QED) is 0.239. The molecule has 3 heterocycles. The minimum Gasteiger partial charge on any atom is -0.493 e. The Labute approximate surface area is 316 Å². The van der Waals surface area contributed by atoms with Crippen molar-refractivity contribution in [2.45, 2.75) is 94.8 Å². The lowest BCUT2D eigenvalue weighted by Crippen LogP contribution is -2.61. The highest BCUT2D eigenvalue weighted by atomic mass is 35.5. The highest BCUT2D eigenvalue weighted by Gasteiger charge is 2.42. The van der Waals surface area contributed by atoms with Gasteiger partial charge >= 0.3 is 6.09 Å². The van der Waals surface area contributed by atoms with Crippen LogP contribution in [0.1, 0.15) is 70.6 Å². The Morgan fingerprint density at radius 1 is 0.942 bits per heavy atom. The SMILES string of the molecule is CC(C)(C)OC(=O)NC1CCN(C(=O)[C@@H]2CN(Cc3cnc(-c4ccc(Cl)cc4)s3)CCN2S(=O)(=O)c2ccc(OCC3CCCCC3)cc2)CC1. The van der Waals surface area contributed by atoms with Gasteiger partial charge in [0.05, 0.1) is 11.5 Å². The maximum absolute atomic E-state index is 14.3. The van der Waals surface area contributed by atoms with E-state index in [4.69, 9.17) is 21.1 Å². The molecule has 1 saturated carbocycles. The number of aromatic nitrogens is 1. The van der Waals surface area contributed by atoms with Gasteiger partial charge in [-0.05, 0) is 88.8 Å². The Balaban J connectivity index is 1.15. The van der Waals surface area contributed by atoms with Gasteiger partial charge in [0.15, 0.2) is 0 Å². The molecule has 2 saturated heterocycles. The summed E-state index contributed by atoms with van der Waals surface area (Å²) in [6, 6.07) is 13.1. The van der Waals surface area contributed by atoms with Gasteiger partial charge in [0.1, 0.15) is 22.4 Å². The van der Waals surface area contributed by atoms with Gasteiger partial charge in [-0.3, -0.25) is 9.69 Å². The van der Waals surface area contributed by atoms with Crippen LogP contribution in [0.2, 0.25) is 5.02 Å². The van der Waals surface area contributed by atoms with E-state index in [0.29, 0.717) is 62.3 Å². The number of piperidine rings is 1. The van der Waals surface area contributed by atoms with Gasteiger partial charge in [0, 0.05) is 67.0 Å². The summed E-state index contributed by atoms with van der Waals surface area (Å²) in [5, 5.41) is 4.45. The molecule has 11 nitrogen and oxygen atoms in total. The Hall–Kier alpha value is -3.23. The zero-order valence-electron chi connectivity index (χ0n) is 30.3. The number of hydrogen-bond acceptors (Lipinski definition) is 9. The second kappa shape index (κ2) is 16.8. The zero-order valence-corrected chi connectivity index (χ0v) is 32.6. The minimum atomic E-state index is -4.01. The number of carbonyl (C=O) groups is 2. The smallest absolute Gasteiger partial charge is 0.407 e. The molecule has 0 unspecified atom stereocenters. The minimum absolute atomic E-state index is 0.137. The molecular formula is C38H50ClN5O6S2. The molecule has 2 aliphatic heterocycles. The highest BCUT2D eigenvalue weighted by molar-refractivity contribution is 7.89. The first-order valence-electron chi connectivity index (χ1n) is 18.3. The summed E-state index contributed by atoms with van der Waals surface area (Å²) >= 11 is 7.65. The van der Waals surface area contributed by atoms with Crippen LogP contribution in [0.5, 0.6) is 5.75 Å². The van der Waals surface area contributed by atoms with Crippen LogP contribution in [-0.2, 0) is 26.1 Å². The van der Waals surface area contributed by atoms with E-state index in [-0.39, 0.29) is 29.9 Å². The van der Waals surface area contributed by atoms with Crippen molar-refractivity contribution in [2.75, 3.05) is 39.3 Å². The van der Waals surface area contributed by atoms with E-state index in [1.54, 1.807) is 40.5 Å². The predicted molar refractivity (Wildman–Crippen MR) is 203 cm³/mol. The lowest BCUT2D eigenvalue weighted by molar-refractivity contribution is -0.138. The number of nitrogens with one attached hydrogen (secondary N) is 1. The van der Waals surface area contributed by atoms with Crippen molar-refractivity contribution in [1.82, 2.24) is 24.4 Å². The number of amides is 2. The van der Waals surface area contributed by atoms with Crippen LogP contribution in [0, 0.1) is 5.92 Å². The zero-order chi connectivity index (χ0) is 36.9. The number of alkyl carbamates (subject to hydrolysis) is 1. The Kier molecular flexibility index (Phi) is 12.5. The number of sulfonamides is 1. The molecule has 1 N–H and O–H groups in total. The molecule has 3 aliphatic rings. The summed E-state index contributed by atoms with van der Waals surface area (Å²) < 4.78 is 41.3. The summed E-state index contributed by atoms with van der Waals surface area (Å²) in [6.45, 7) is 8.28. The number of ether oxygens (including phenoxy) is 2. The van der Waals surface area contributed by atoms with Crippen molar-refractivity contribution < 1.29 is 27.5 Å². The van der Waals surface area contributed by atoms with E-state index in [1.807, 2.05) is 51.2 Å². The fraction of sp³-hybridized carbons (Fsp3) is 0.553. The first-order valence-corrected chi connectivity index (χ1v) is 20.9. The molecule has 3 fully saturated rings. The second-order valence-corrected chi connectivity index (χ2v) is 18.5. The van der Waals surface area contributed by atoms with Crippen LogP contribution in [0.25, 0.3) is 10.6 Å². The van der Waals surface area contributed by atoms with E-state index < -0.39 is 27.8 Å². The molecule has 52 heavy (non-hydrogen) atoms. The molecule has 282 valence electrons. The van der Waals surface area contributed by atoms with Crippen molar-refractivity contribution >= 4 is 45.0 Å². The highest BCUT2D eigenvalue weighted by Crippen LogP contribution is 2.30. The number of halogens is 1. The second-order valence-electron chi connectivity index (χ2n) is 15.0. The first kappa shape index (κ1) is 38.5. The molecule has 14 heteroatoms. The van der Waals surface area contributed by atoms with Crippen molar-refractivity contribution in [2.24, 2.45) is 5.92 Å². The molecular weight excluding hydrogens is 722 g/mol. The molecule has 1 aliphatic carbocycles. The number of carbonyl (C=O) groups excluding carboxylic acids is 2. The topological polar surface area (TPSA) is 121 Å². The van der Waals surface area contributed by atoms with Crippen molar-refractivity contribution in [3.05, 3.63) is 64.6 Å². The van der Waals surface area contributed by atoms with Crippen molar-refractivity contribution in [1.29, 1.82) is 0 Å². The monoisotopic (exact) mass is 771 g/mol. The maximum atomic E-state index is 14.3. The Morgan fingerprint density at radius 3 is 2.31 bits per heavy atom. The summed E-state index contributed by atoms with van der Waals surface area (Å²) in [6.07, 6.45) is 8.52. The van der Waals surface area contributed by atoms with E-state index in [2.05, 4.69) is 15.2 Å². The number of piperazine rings is 1. The number of hydrogen-bond donors (Lipinski definition) is 1. The summed E-state index contributed by atoms with van der Waals surface area (Å²) in [7, 11) is -4.01. The van der Waals surface area contributed by atoms with Gasteiger partial charge in [-0.1, -0.05) is 43.0 Å². The number of benzene rings is 2. The lowest BCUT2D eigenvalue weighted by atomic mass is 9.90.